The third kappa shape index (κ3) is 12.8. The Morgan fingerprint density at radius 2 is 1.55 bits per heavy atom. The van der Waals surface area contributed by atoms with Crippen LogP contribution in [0.5, 0.6) is 5.75 Å². The normalized spacial score (nSPS) is 10.7. The number of rotatable bonds is 18. The third-order valence-corrected chi connectivity index (χ3v) is 7.64. The average Bonchev–Trinajstić information content (AvgIpc) is 3.33. The Kier molecular flexibility index (Phi) is 16.5. The van der Waals surface area contributed by atoms with Crippen molar-refractivity contribution in [2.45, 2.75) is 97.4 Å². The molecule has 5 nitrogen and oxygen atoms in total. The number of unbranched alkanes of at least 4 members (excludes halogenated alkanes) is 11. The van der Waals surface area contributed by atoms with Gasteiger partial charge in [-0.3, -0.25) is 0 Å². The van der Waals surface area contributed by atoms with Gasteiger partial charge in [-0.05, 0) is 31.5 Å². The van der Waals surface area contributed by atoms with Gasteiger partial charge in [-0.15, -0.1) is 0 Å². The fraction of sp³-hybridized carbons (Fsp3) is 0.500. The van der Waals surface area contributed by atoms with Crippen molar-refractivity contribution >= 4 is 28.7 Å². The molecule has 0 fully saturated rings. The number of thiazole rings is 1. The maximum atomic E-state index is 14.6. The Morgan fingerprint density at radius 3 is 2.17 bits per heavy atom. The highest BCUT2D eigenvalue weighted by molar-refractivity contribution is 7.09. The molecule has 3 aromatic rings. The van der Waals surface area contributed by atoms with Crippen molar-refractivity contribution in [2.75, 3.05) is 17.2 Å². The highest BCUT2D eigenvalue weighted by Crippen LogP contribution is 2.22. The number of carbonyl (C=O) groups excluding carboxylic acids is 1. The van der Waals surface area contributed by atoms with Crippen LogP contribution in [0.3, 0.4) is 0 Å². The van der Waals surface area contributed by atoms with Crippen LogP contribution in [0.15, 0.2) is 54.2 Å². The van der Waals surface area contributed by atoms with E-state index in [2.05, 4.69) is 40.8 Å². The van der Waals surface area contributed by atoms with Crippen molar-refractivity contribution in [1.29, 1.82) is 0 Å². The lowest BCUT2D eigenvalue weighted by Crippen LogP contribution is -3.00. The summed E-state index contributed by atoms with van der Waals surface area (Å²) in [5.41, 5.74) is 4.14. The van der Waals surface area contributed by atoms with E-state index in [1.54, 1.807) is 23.5 Å². The molecule has 0 saturated heterocycles. The zero-order valence-corrected chi connectivity index (χ0v) is 26.4. The van der Waals surface area contributed by atoms with Crippen molar-refractivity contribution in [3.63, 3.8) is 0 Å². The number of hydrogen-bond donors (Lipinski definition) is 2. The highest BCUT2D eigenvalue weighted by atomic mass is 79.9. The second kappa shape index (κ2) is 19.6. The Hall–Kier alpha value is -2.45. The van der Waals surface area contributed by atoms with Crippen molar-refractivity contribution < 1.29 is 35.5 Å². The van der Waals surface area contributed by atoms with Gasteiger partial charge >= 0.3 is 6.03 Å². The van der Waals surface area contributed by atoms with Gasteiger partial charge in [-0.2, -0.15) is 4.57 Å². The molecule has 220 valence electrons. The lowest BCUT2D eigenvalue weighted by Gasteiger charge is -2.12. The molecule has 3 rings (SSSR count). The monoisotopic (exact) mass is 633 g/mol. The first-order valence-corrected chi connectivity index (χ1v) is 15.5. The topological polar surface area (TPSA) is 54.2 Å². The molecule has 40 heavy (non-hydrogen) atoms. The SMILES string of the molecule is CCCCCCCCCCCCCCOc1ccc(NC(=O)Nc2ccccc2C[n+]2csc(C)c2)cc1F.[Br-]. The molecule has 2 amide bonds. The smallest absolute Gasteiger partial charge is 0.323 e. The summed E-state index contributed by atoms with van der Waals surface area (Å²) in [6, 6.07) is 11.8. The van der Waals surface area contributed by atoms with E-state index in [1.165, 1.54) is 75.2 Å². The second-order valence-electron chi connectivity index (χ2n) is 10.3. The van der Waals surface area contributed by atoms with Gasteiger partial charge in [0.2, 0.25) is 5.51 Å². The summed E-state index contributed by atoms with van der Waals surface area (Å²) in [5.74, 6) is -0.256. The van der Waals surface area contributed by atoms with Gasteiger partial charge in [0.25, 0.3) is 0 Å². The fourth-order valence-corrected chi connectivity index (χ4v) is 5.24. The molecular weight excluding hydrogens is 589 g/mol. The third-order valence-electron chi connectivity index (χ3n) is 6.79. The lowest BCUT2D eigenvalue weighted by molar-refractivity contribution is -0.683. The molecule has 0 spiro atoms. The average molecular weight is 635 g/mol. The number of para-hydroxylation sites is 1. The Bertz CT molecular complexity index is 1140. The summed E-state index contributed by atoms with van der Waals surface area (Å²) in [7, 11) is 0. The van der Waals surface area contributed by atoms with E-state index in [9.17, 15) is 9.18 Å². The number of aromatic nitrogens is 1. The molecule has 2 aromatic carbocycles. The number of amides is 2. The zero-order chi connectivity index (χ0) is 27.7. The number of carbonyl (C=O) groups is 1. The number of nitrogens with zero attached hydrogens (tertiary/aromatic N) is 1. The van der Waals surface area contributed by atoms with E-state index in [0.717, 1.165) is 18.4 Å². The maximum absolute atomic E-state index is 14.6. The number of hydrogen-bond acceptors (Lipinski definition) is 3. The number of aryl methyl sites for hydroxylation is 1. The predicted molar refractivity (Wildman–Crippen MR) is 160 cm³/mol. The van der Waals surface area contributed by atoms with E-state index in [1.807, 2.05) is 24.3 Å². The molecule has 0 radical (unpaired) electrons. The van der Waals surface area contributed by atoms with E-state index in [4.69, 9.17) is 4.74 Å². The van der Waals surface area contributed by atoms with Crippen molar-refractivity contribution in [1.82, 2.24) is 0 Å². The summed E-state index contributed by atoms with van der Waals surface area (Å²) in [5, 5.41) is 5.61. The minimum atomic E-state index is -0.476. The first-order valence-electron chi connectivity index (χ1n) is 14.6. The summed E-state index contributed by atoms with van der Waals surface area (Å²) < 4.78 is 22.3. The number of benzene rings is 2. The number of ether oxygens (including phenoxy) is 1. The van der Waals surface area contributed by atoms with Crippen LogP contribution in [0.25, 0.3) is 0 Å². The van der Waals surface area contributed by atoms with Crippen molar-refractivity contribution in [3.8, 4) is 5.75 Å². The zero-order valence-electron chi connectivity index (χ0n) is 24.0. The van der Waals surface area contributed by atoms with Crippen LogP contribution in [0.1, 0.15) is 94.4 Å². The lowest BCUT2D eigenvalue weighted by atomic mass is 10.1. The van der Waals surface area contributed by atoms with Crippen LogP contribution in [-0.4, -0.2) is 12.6 Å². The molecule has 8 heteroatoms. The van der Waals surface area contributed by atoms with Gasteiger partial charge < -0.3 is 32.4 Å². The quantitative estimate of drug-likeness (QED) is 0.128. The fourth-order valence-electron chi connectivity index (χ4n) is 4.61. The van der Waals surface area contributed by atoms with Crippen LogP contribution in [0.2, 0.25) is 0 Å². The van der Waals surface area contributed by atoms with Gasteiger partial charge in [0.1, 0.15) is 0 Å². The molecule has 0 aliphatic heterocycles. The summed E-state index contributed by atoms with van der Waals surface area (Å²) in [6.07, 6.45) is 17.4. The predicted octanol–water partition coefficient (Wildman–Crippen LogP) is 6.26. The Balaban J connectivity index is 0.00000560. The summed E-state index contributed by atoms with van der Waals surface area (Å²) >= 11 is 1.68. The molecule has 2 N–H and O–H groups in total. The number of nitrogens with one attached hydrogen (secondary N) is 2. The van der Waals surface area contributed by atoms with Gasteiger partial charge in [-0.1, -0.05) is 107 Å². The minimum absolute atomic E-state index is 0. The number of urea groups is 1. The molecule has 0 unspecified atom stereocenters. The van der Waals surface area contributed by atoms with Gasteiger partial charge in [0.15, 0.2) is 24.3 Å². The standard InChI is InChI=1S/C32H44FN3O2S.BrH/c1-3-4-5-6-7-8-9-10-11-12-13-16-21-38-31-20-19-28(22-29(31)33)34-32(37)35-30-18-15-14-17-27(30)24-36-23-26(2)39-25-36;/h14-15,17-20,22-23,25H,3-13,16,21,24H2,1-2H3,(H-,34,35,37);1H. The molecule has 0 bridgehead atoms. The van der Waals surface area contributed by atoms with E-state index in [-0.39, 0.29) is 22.7 Å². The Morgan fingerprint density at radius 1 is 0.900 bits per heavy atom. The van der Waals surface area contributed by atoms with Gasteiger partial charge in [0, 0.05) is 17.3 Å². The van der Waals surface area contributed by atoms with Crippen LogP contribution < -0.4 is 36.9 Å². The molecular formula is C32H45BrFN3O2S. The van der Waals surface area contributed by atoms with E-state index in [0.29, 0.717) is 24.5 Å². The Labute approximate surface area is 254 Å². The van der Waals surface area contributed by atoms with Gasteiger partial charge in [0.05, 0.1) is 17.2 Å². The van der Waals surface area contributed by atoms with Crippen LogP contribution in [0.4, 0.5) is 20.6 Å². The summed E-state index contributed by atoms with van der Waals surface area (Å²) in [4.78, 5) is 13.8. The van der Waals surface area contributed by atoms with E-state index >= 15 is 0 Å². The molecule has 1 aromatic heterocycles. The molecule has 0 atom stereocenters. The molecule has 0 aliphatic carbocycles. The van der Waals surface area contributed by atoms with E-state index < -0.39 is 11.8 Å². The van der Waals surface area contributed by atoms with Gasteiger partial charge in [-0.25, -0.2) is 9.18 Å². The number of halogens is 2. The van der Waals surface area contributed by atoms with Crippen LogP contribution >= 0.6 is 11.3 Å². The number of anilines is 2. The first kappa shape index (κ1) is 33.8. The summed E-state index contributed by atoms with van der Waals surface area (Å²) in [6.45, 7) is 5.47. The second-order valence-corrected chi connectivity index (χ2v) is 11.3. The van der Waals surface area contributed by atoms with Crippen molar-refractivity contribution in [3.05, 3.63) is 70.4 Å². The molecule has 0 saturated carbocycles. The highest BCUT2D eigenvalue weighted by Gasteiger charge is 2.13. The van der Waals surface area contributed by atoms with Crippen LogP contribution in [-0.2, 0) is 6.54 Å². The molecule has 0 aliphatic rings. The maximum Gasteiger partial charge on any atom is 0.323 e. The molecule has 1 heterocycles. The first-order chi connectivity index (χ1) is 19.0. The van der Waals surface area contributed by atoms with Crippen LogP contribution in [0, 0.1) is 12.7 Å². The largest absolute Gasteiger partial charge is 1.00 e. The van der Waals surface area contributed by atoms with Crippen molar-refractivity contribution in [2.24, 2.45) is 0 Å². The minimum Gasteiger partial charge on any atom is -1.00 e.